The van der Waals surface area contributed by atoms with Crippen molar-refractivity contribution in [3.05, 3.63) is 29.8 Å². The third kappa shape index (κ3) is 4.50. The number of benzene rings is 1. The SMILES string of the molecule is CCCN1C2CCCC1CC(NC(=O)Nc1ccc(C(F)(F)F)cc1)C2. The highest BCUT2D eigenvalue weighted by Crippen LogP contribution is 2.34. The zero-order valence-electron chi connectivity index (χ0n) is 15.0. The van der Waals surface area contributed by atoms with E-state index in [1.54, 1.807) is 0 Å². The Bertz CT molecular complexity index is 603. The van der Waals surface area contributed by atoms with E-state index in [-0.39, 0.29) is 12.1 Å². The van der Waals surface area contributed by atoms with Gasteiger partial charge in [0, 0.05) is 23.8 Å². The van der Waals surface area contributed by atoms with Crippen molar-refractivity contribution >= 4 is 11.7 Å². The number of amides is 2. The fraction of sp³-hybridized carbons (Fsp3) is 0.632. The molecule has 2 heterocycles. The van der Waals surface area contributed by atoms with Crippen LogP contribution in [0, 0.1) is 0 Å². The van der Waals surface area contributed by atoms with Crippen LogP contribution in [0.3, 0.4) is 0 Å². The van der Waals surface area contributed by atoms with E-state index in [4.69, 9.17) is 0 Å². The summed E-state index contributed by atoms with van der Waals surface area (Å²) in [6.07, 6.45) is 2.25. The van der Waals surface area contributed by atoms with E-state index in [0.717, 1.165) is 37.9 Å². The van der Waals surface area contributed by atoms with Crippen molar-refractivity contribution in [2.75, 3.05) is 11.9 Å². The molecule has 0 spiro atoms. The zero-order valence-corrected chi connectivity index (χ0v) is 15.0. The van der Waals surface area contributed by atoms with E-state index < -0.39 is 11.7 Å². The third-order valence-electron chi connectivity index (χ3n) is 5.41. The van der Waals surface area contributed by atoms with Gasteiger partial charge in [-0.15, -0.1) is 0 Å². The van der Waals surface area contributed by atoms with Gasteiger partial charge < -0.3 is 10.6 Å². The number of alkyl halides is 3. The molecule has 2 aliphatic heterocycles. The van der Waals surface area contributed by atoms with Crippen LogP contribution in [-0.4, -0.2) is 35.6 Å². The number of nitrogens with zero attached hydrogens (tertiary/aromatic N) is 1. The molecule has 0 aromatic heterocycles. The predicted octanol–water partition coefficient (Wildman–Crippen LogP) is 4.62. The van der Waals surface area contributed by atoms with Crippen molar-refractivity contribution in [2.45, 2.75) is 69.8 Å². The summed E-state index contributed by atoms with van der Waals surface area (Å²) in [5.41, 5.74) is -0.362. The molecule has 2 N–H and O–H groups in total. The lowest BCUT2D eigenvalue weighted by Gasteiger charge is -2.49. The zero-order chi connectivity index (χ0) is 18.7. The highest BCUT2D eigenvalue weighted by Gasteiger charge is 2.38. The summed E-state index contributed by atoms with van der Waals surface area (Å²) in [7, 11) is 0. The van der Waals surface area contributed by atoms with Crippen LogP contribution in [0.1, 0.15) is 51.0 Å². The monoisotopic (exact) mass is 369 g/mol. The molecule has 0 aliphatic carbocycles. The fourth-order valence-electron chi connectivity index (χ4n) is 4.31. The lowest BCUT2D eigenvalue weighted by molar-refractivity contribution is -0.137. The molecular weight excluding hydrogens is 343 g/mol. The van der Waals surface area contributed by atoms with E-state index in [9.17, 15) is 18.0 Å². The van der Waals surface area contributed by atoms with Crippen LogP contribution >= 0.6 is 0 Å². The van der Waals surface area contributed by atoms with Gasteiger partial charge in [0.25, 0.3) is 0 Å². The first-order valence-electron chi connectivity index (χ1n) is 9.37. The van der Waals surface area contributed by atoms with Gasteiger partial charge >= 0.3 is 12.2 Å². The van der Waals surface area contributed by atoms with E-state index in [0.29, 0.717) is 17.8 Å². The highest BCUT2D eigenvalue weighted by atomic mass is 19.4. The summed E-state index contributed by atoms with van der Waals surface area (Å²) < 4.78 is 37.8. The van der Waals surface area contributed by atoms with Gasteiger partial charge in [-0.25, -0.2) is 4.79 Å². The molecule has 0 saturated carbocycles. The number of carbonyl (C=O) groups excluding carboxylic acids is 1. The molecule has 3 rings (SSSR count). The molecule has 2 unspecified atom stereocenters. The summed E-state index contributed by atoms with van der Waals surface area (Å²) in [5.74, 6) is 0. The van der Waals surface area contributed by atoms with Gasteiger partial charge in [-0.2, -0.15) is 13.2 Å². The topological polar surface area (TPSA) is 44.4 Å². The molecule has 2 fully saturated rings. The van der Waals surface area contributed by atoms with E-state index in [1.807, 2.05) is 0 Å². The molecule has 1 aromatic carbocycles. The fourth-order valence-corrected chi connectivity index (χ4v) is 4.31. The lowest BCUT2D eigenvalue weighted by Crippen LogP contribution is -2.57. The number of hydrogen-bond donors (Lipinski definition) is 2. The van der Waals surface area contributed by atoms with E-state index in [2.05, 4.69) is 22.5 Å². The number of carbonyl (C=O) groups is 1. The Kier molecular flexibility index (Phi) is 5.75. The Morgan fingerprint density at radius 3 is 2.31 bits per heavy atom. The van der Waals surface area contributed by atoms with Gasteiger partial charge in [0.15, 0.2) is 0 Å². The van der Waals surface area contributed by atoms with Gasteiger partial charge in [-0.3, -0.25) is 4.90 Å². The summed E-state index contributed by atoms with van der Waals surface area (Å²) in [4.78, 5) is 14.8. The summed E-state index contributed by atoms with van der Waals surface area (Å²) in [6.45, 7) is 3.30. The van der Waals surface area contributed by atoms with Crippen LogP contribution in [-0.2, 0) is 6.18 Å². The van der Waals surface area contributed by atoms with Crippen LogP contribution in [0.25, 0.3) is 0 Å². The van der Waals surface area contributed by atoms with Crippen molar-refractivity contribution in [3.8, 4) is 0 Å². The second kappa shape index (κ2) is 7.86. The van der Waals surface area contributed by atoms with Crippen molar-refractivity contribution < 1.29 is 18.0 Å². The molecular formula is C19H26F3N3O. The van der Waals surface area contributed by atoms with Gasteiger partial charge in [-0.1, -0.05) is 13.3 Å². The summed E-state index contributed by atoms with van der Waals surface area (Å²) in [5, 5.41) is 5.64. The standard InChI is InChI=1S/C19H26F3N3O/c1-2-10-25-16-4-3-5-17(25)12-15(11-16)24-18(26)23-14-8-6-13(7-9-14)19(20,21)22/h6-9,15-17H,2-5,10-12H2,1H3,(H2,23,24,26). The molecule has 2 amide bonds. The van der Waals surface area contributed by atoms with Gasteiger partial charge in [0.2, 0.25) is 0 Å². The molecule has 1 aromatic rings. The van der Waals surface area contributed by atoms with Crippen LogP contribution < -0.4 is 10.6 Å². The van der Waals surface area contributed by atoms with Crippen molar-refractivity contribution in [3.63, 3.8) is 0 Å². The quantitative estimate of drug-likeness (QED) is 0.813. The first-order chi connectivity index (χ1) is 12.4. The Labute approximate surface area is 152 Å². The van der Waals surface area contributed by atoms with Crippen LogP contribution in [0.4, 0.5) is 23.7 Å². The molecule has 0 radical (unpaired) electrons. The van der Waals surface area contributed by atoms with Crippen LogP contribution in [0.15, 0.2) is 24.3 Å². The number of urea groups is 1. The van der Waals surface area contributed by atoms with Gasteiger partial charge in [0.1, 0.15) is 0 Å². The Balaban J connectivity index is 1.54. The minimum Gasteiger partial charge on any atom is -0.335 e. The lowest BCUT2D eigenvalue weighted by atomic mass is 9.81. The predicted molar refractivity (Wildman–Crippen MR) is 95.0 cm³/mol. The summed E-state index contributed by atoms with van der Waals surface area (Å²) >= 11 is 0. The highest BCUT2D eigenvalue weighted by molar-refractivity contribution is 5.89. The number of nitrogens with one attached hydrogen (secondary N) is 2. The maximum atomic E-state index is 12.6. The molecule has 4 nitrogen and oxygen atoms in total. The van der Waals surface area contributed by atoms with Crippen LogP contribution in [0.2, 0.25) is 0 Å². The first-order valence-corrected chi connectivity index (χ1v) is 9.37. The number of piperidine rings is 2. The number of hydrogen-bond acceptors (Lipinski definition) is 2. The number of anilines is 1. The third-order valence-corrected chi connectivity index (χ3v) is 5.41. The number of rotatable bonds is 4. The maximum Gasteiger partial charge on any atom is 0.416 e. The van der Waals surface area contributed by atoms with E-state index >= 15 is 0 Å². The Morgan fingerprint density at radius 1 is 1.15 bits per heavy atom. The molecule has 2 bridgehead atoms. The minimum absolute atomic E-state index is 0.118. The van der Waals surface area contributed by atoms with E-state index in [1.165, 1.54) is 31.4 Å². The molecule has 2 atom stereocenters. The average molecular weight is 369 g/mol. The molecule has 144 valence electrons. The minimum atomic E-state index is -4.37. The average Bonchev–Trinajstić information content (AvgIpc) is 2.55. The molecule has 2 saturated heterocycles. The van der Waals surface area contributed by atoms with Crippen molar-refractivity contribution in [1.82, 2.24) is 10.2 Å². The Morgan fingerprint density at radius 2 is 1.77 bits per heavy atom. The van der Waals surface area contributed by atoms with Crippen LogP contribution in [0.5, 0.6) is 0 Å². The van der Waals surface area contributed by atoms with Gasteiger partial charge in [-0.05, 0) is 62.9 Å². The van der Waals surface area contributed by atoms with Crippen molar-refractivity contribution in [2.24, 2.45) is 0 Å². The Hall–Kier alpha value is -1.76. The van der Waals surface area contributed by atoms with Gasteiger partial charge in [0.05, 0.1) is 5.56 Å². The normalized spacial score (nSPS) is 26.4. The number of fused-ring (bicyclic) bond motifs is 2. The van der Waals surface area contributed by atoms with Crippen molar-refractivity contribution in [1.29, 1.82) is 0 Å². The molecule has 26 heavy (non-hydrogen) atoms. The maximum absolute atomic E-state index is 12.6. The molecule has 2 aliphatic rings. The summed E-state index contributed by atoms with van der Waals surface area (Å²) in [6, 6.07) is 5.33. The molecule has 7 heteroatoms. The first kappa shape index (κ1) is 19.0. The number of halogens is 3. The largest absolute Gasteiger partial charge is 0.416 e. The smallest absolute Gasteiger partial charge is 0.335 e. The second-order valence-electron chi connectivity index (χ2n) is 7.32. The second-order valence-corrected chi connectivity index (χ2v) is 7.32.